The van der Waals surface area contributed by atoms with Crippen LogP contribution < -0.4 is 19.9 Å². The highest BCUT2D eigenvalue weighted by molar-refractivity contribution is 5.95. The zero-order valence-electron chi connectivity index (χ0n) is 17.6. The summed E-state index contributed by atoms with van der Waals surface area (Å²) < 4.78 is 5.38. The molecule has 0 bridgehead atoms. The molecule has 3 rings (SSSR count). The molecule has 1 fully saturated rings. The number of nitrogens with one attached hydrogen (secondary N) is 2. The highest BCUT2D eigenvalue weighted by atomic mass is 16.5. The lowest BCUT2D eigenvalue weighted by Crippen LogP contribution is -3.19. The van der Waals surface area contributed by atoms with Crippen LogP contribution in [0, 0.1) is 20.8 Å². The second kappa shape index (κ2) is 8.65. The van der Waals surface area contributed by atoms with E-state index in [0.29, 0.717) is 5.75 Å². The van der Waals surface area contributed by atoms with Crippen LogP contribution in [0.2, 0.25) is 0 Å². The summed E-state index contributed by atoms with van der Waals surface area (Å²) >= 11 is 0. The van der Waals surface area contributed by atoms with Crippen molar-refractivity contribution in [2.75, 3.05) is 43.5 Å². The highest BCUT2D eigenvalue weighted by Crippen LogP contribution is 2.25. The molecule has 2 aromatic rings. The van der Waals surface area contributed by atoms with Crippen molar-refractivity contribution in [3.8, 4) is 5.75 Å². The molecule has 0 radical (unpaired) electrons. The van der Waals surface area contributed by atoms with Gasteiger partial charge in [-0.25, -0.2) is 0 Å². The third kappa shape index (κ3) is 4.30. The van der Waals surface area contributed by atoms with Crippen LogP contribution in [0.25, 0.3) is 0 Å². The summed E-state index contributed by atoms with van der Waals surface area (Å²) in [7, 11) is 1.63. The second-order valence-electron chi connectivity index (χ2n) is 7.78. The Morgan fingerprint density at radius 1 is 1.14 bits per heavy atom. The third-order valence-electron chi connectivity index (χ3n) is 5.94. The van der Waals surface area contributed by atoms with Gasteiger partial charge in [-0.2, -0.15) is 0 Å². The Morgan fingerprint density at radius 3 is 2.54 bits per heavy atom. The smallest absolute Gasteiger partial charge is 0.282 e. The van der Waals surface area contributed by atoms with E-state index in [2.05, 4.69) is 42.3 Å². The number of carbonyl (C=O) groups is 1. The Morgan fingerprint density at radius 2 is 1.86 bits per heavy atom. The van der Waals surface area contributed by atoms with E-state index in [1.54, 1.807) is 7.11 Å². The lowest BCUT2D eigenvalue weighted by Gasteiger charge is -2.36. The first-order valence-electron chi connectivity index (χ1n) is 10.0. The van der Waals surface area contributed by atoms with Crippen LogP contribution in [0.1, 0.15) is 23.6 Å². The molecular formula is C23H32N3O2+. The van der Waals surface area contributed by atoms with E-state index in [1.165, 1.54) is 21.7 Å². The number of ether oxygens (including phenoxy) is 1. The summed E-state index contributed by atoms with van der Waals surface area (Å²) in [5, 5.41) is 3.06. The summed E-state index contributed by atoms with van der Waals surface area (Å²) in [6, 6.07) is 12.2. The average Bonchev–Trinajstić information content (AvgIpc) is 2.70. The summed E-state index contributed by atoms with van der Waals surface area (Å²) in [6.45, 7) is 12.2. The van der Waals surface area contributed by atoms with Gasteiger partial charge in [0, 0.05) is 5.69 Å². The molecule has 1 aliphatic rings. The van der Waals surface area contributed by atoms with Crippen molar-refractivity contribution in [3.05, 3.63) is 53.1 Å². The minimum atomic E-state index is -0.106. The molecule has 0 spiro atoms. The molecule has 1 saturated heterocycles. The molecule has 28 heavy (non-hydrogen) atoms. The number of methoxy groups -OCH3 is 1. The molecule has 2 N–H and O–H groups in total. The number of hydrogen-bond acceptors (Lipinski definition) is 3. The van der Waals surface area contributed by atoms with Gasteiger partial charge < -0.3 is 19.9 Å². The van der Waals surface area contributed by atoms with Crippen molar-refractivity contribution in [1.82, 2.24) is 0 Å². The Hall–Kier alpha value is -2.53. The molecule has 1 aliphatic heterocycles. The van der Waals surface area contributed by atoms with Gasteiger partial charge in [0.05, 0.1) is 39.0 Å². The van der Waals surface area contributed by atoms with Gasteiger partial charge in [-0.1, -0.05) is 18.2 Å². The number of rotatable bonds is 5. The molecule has 0 saturated carbocycles. The molecule has 1 atom stereocenters. The molecule has 150 valence electrons. The second-order valence-corrected chi connectivity index (χ2v) is 7.78. The molecule has 5 heteroatoms. The highest BCUT2D eigenvalue weighted by Gasteiger charge is 2.30. The molecular weight excluding hydrogens is 350 g/mol. The van der Waals surface area contributed by atoms with Crippen molar-refractivity contribution >= 4 is 17.3 Å². The fourth-order valence-electron chi connectivity index (χ4n) is 3.89. The zero-order valence-corrected chi connectivity index (χ0v) is 17.6. The first-order valence-corrected chi connectivity index (χ1v) is 10.0. The van der Waals surface area contributed by atoms with E-state index >= 15 is 0 Å². The number of anilines is 2. The number of carbonyl (C=O) groups excluding carboxylic acids is 1. The normalized spacial score (nSPS) is 16.0. The maximum Gasteiger partial charge on any atom is 0.282 e. The minimum Gasteiger partial charge on any atom is -0.495 e. The van der Waals surface area contributed by atoms with Crippen LogP contribution in [0.15, 0.2) is 36.4 Å². The van der Waals surface area contributed by atoms with Gasteiger partial charge in [-0.05, 0) is 62.6 Å². The number of quaternary nitrogens is 1. The molecule has 2 aromatic carbocycles. The largest absolute Gasteiger partial charge is 0.495 e. The number of amides is 1. The van der Waals surface area contributed by atoms with Crippen LogP contribution in [0.3, 0.4) is 0 Å². The fraction of sp³-hybridized carbons (Fsp3) is 0.435. The number of nitrogens with zero attached hydrogens (tertiary/aromatic N) is 1. The van der Waals surface area contributed by atoms with E-state index in [4.69, 9.17) is 4.74 Å². The Kier molecular flexibility index (Phi) is 6.25. The minimum absolute atomic E-state index is 0.0408. The van der Waals surface area contributed by atoms with Gasteiger partial charge >= 0.3 is 0 Å². The van der Waals surface area contributed by atoms with Gasteiger partial charge in [0.2, 0.25) is 0 Å². The predicted octanol–water partition coefficient (Wildman–Crippen LogP) is 2.35. The number of benzene rings is 2. The predicted molar refractivity (Wildman–Crippen MR) is 115 cm³/mol. The molecule has 0 aliphatic carbocycles. The van der Waals surface area contributed by atoms with Gasteiger partial charge in [0.1, 0.15) is 5.75 Å². The van der Waals surface area contributed by atoms with E-state index in [0.717, 1.165) is 37.4 Å². The first kappa shape index (κ1) is 20.2. The Bertz CT molecular complexity index is 842. The van der Waals surface area contributed by atoms with Crippen molar-refractivity contribution in [1.29, 1.82) is 0 Å². The zero-order chi connectivity index (χ0) is 20.3. The van der Waals surface area contributed by atoms with Gasteiger partial charge in [0.25, 0.3) is 5.91 Å². The van der Waals surface area contributed by atoms with E-state index < -0.39 is 0 Å². The third-order valence-corrected chi connectivity index (χ3v) is 5.94. The Balaban J connectivity index is 1.62. The van der Waals surface area contributed by atoms with Crippen LogP contribution in [-0.4, -0.2) is 45.2 Å². The van der Waals surface area contributed by atoms with Gasteiger partial charge in [-0.15, -0.1) is 0 Å². The molecule has 0 aromatic heterocycles. The summed E-state index contributed by atoms with van der Waals surface area (Å²) in [5.41, 5.74) is 5.84. The topological polar surface area (TPSA) is 46.0 Å². The maximum atomic E-state index is 12.8. The number of aryl methyl sites for hydroxylation is 2. The monoisotopic (exact) mass is 382 g/mol. The SMILES string of the molecule is COc1ccc(C)cc1NC(=O)[C@@H](C)[NH+]1CCN(c2cccc(C)c2C)CC1. The molecule has 1 amide bonds. The van der Waals surface area contributed by atoms with Crippen molar-refractivity contribution < 1.29 is 14.4 Å². The fourth-order valence-corrected chi connectivity index (χ4v) is 3.89. The van der Waals surface area contributed by atoms with Gasteiger partial charge in [0.15, 0.2) is 6.04 Å². The first-order chi connectivity index (χ1) is 13.4. The van der Waals surface area contributed by atoms with Crippen LogP contribution in [-0.2, 0) is 4.79 Å². The summed E-state index contributed by atoms with van der Waals surface area (Å²) in [6.07, 6.45) is 0. The molecule has 5 nitrogen and oxygen atoms in total. The summed E-state index contributed by atoms with van der Waals surface area (Å²) in [4.78, 5) is 16.6. The molecule has 1 heterocycles. The Labute approximate surface area is 168 Å². The quantitative estimate of drug-likeness (QED) is 0.835. The number of piperazine rings is 1. The summed E-state index contributed by atoms with van der Waals surface area (Å²) in [5.74, 6) is 0.736. The average molecular weight is 383 g/mol. The van der Waals surface area contributed by atoms with Crippen LogP contribution in [0.4, 0.5) is 11.4 Å². The molecule has 0 unspecified atom stereocenters. The van der Waals surface area contributed by atoms with Crippen molar-refractivity contribution in [3.63, 3.8) is 0 Å². The van der Waals surface area contributed by atoms with Crippen molar-refractivity contribution in [2.45, 2.75) is 33.7 Å². The van der Waals surface area contributed by atoms with E-state index in [1.807, 2.05) is 32.0 Å². The van der Waals surface area contributed by atoms with Gasteiger partial charge in [-0.3, -0.25) is 4.79 Å². The lowest BCUT2D eigenvalue weighted by atomic mass is 10.1. The van der Waals surface area contributed by atoms with Crippen LogP contribution in [0.5, 0.6) is 5.75 Å². The maximum absolute atomic E-state index is 12.8. The lowest BCUT2D eigenvalue weighted by molar-refractivity contribution is -0.914. The van der Waals surface area contributed by atoms with E-state index in [-0.39, 0.29) is 11.9 Å². The standard InChI is InChI=1S/C23H31N3O2/c1-16-9-10-22(28-5)20(15-16)24-23(27)19(4)25-11-13-26(14-12-25)21-8-6-7-17(2)18(21)3/h6-10,15,19H,11-14H2,1-5H3,(H,24,27)/p+1/t19-/m1/s1. The van der Waals surface area contributed by atoms with E-state index in [9.17, 15) is 4.79 Å². The van der Waals surface area contributed by atoms with Crippen molar-refractivity contribution in [2.24, 2.45) is 0 Å². The number of hydrogen-bond donors (Lipinski definition) is 2. The van der Waals surface area contributed by atoms with Crippen LogP contribution >= 0.6 is 0 Å².